The van der Waals surface area contributed by atoms with Crippen LogP contribution in [0.3, 0.4) is 0 Å². The van der Waals surface area contributed by atoms with Crippen molar-refractivity contribution in [2.75, 3.05) is 11.4 Å². The molecule has 0 radical (unpaired) electrons. The Kier molecular flexibility index (Phi) is 3.76. The number of halogens is 1. The summed E-state index contributed by atoms with van der Waals surface area (Å²) in [5.41, 5.74) is 2.30. The summed E-state index contributed by atoms with van der Waals surface area (Å²) >= 11 is 5.96. The lowest BCUT2D eigenvalue weighted by molar-refractivity contribution is -0.114. The Hall–Kier alpha value is -2.13. The van der Waals surface area contributed by atoms with Gasteiger partial charge >= 0.3 is 0 Å². The van der Waals surface area contributed by atoms with E-state index in [4.69, 9.17) is 11.6 Å². The average molecular weight is 300 g/mol. The van der Waals surface area contributed by atoms with E-state index < -0.39 is 11.7 Å². The van der Waals surface area contributed by atoms with Crippen LogP contribution in [0.2, 0.25) is 5.02 Å². The van der Waals surface area contributed by atoms with E-state index in [0.29, 0.717) is 22.8 Å². The summed E-state index contributed by atoms with van der Waals surface area (Å²) in [6.07, 6.45) is 1.67. The first-order valence-electron chi connectivity index (χ1n) is 6.86. The lowest BCUT2D eigenvalue weighted by Crippen LogP contribution is -2.30. The van der Waals surface area contributed by atoms with Crippen molar-refractivity contribution < 1.29 is 9.59 Å². The molecule has 1 amide bonds. The van der Waals surface area contributed by atoms with E-state index in [9.17, 15) is 9.59 Å². The lowest BCUT2D eigenvalue weighted by Gasteiger charge is -2.16. The molecule has 1 aliphatic rings. The molecule has 0 unspecified atom stereocenters. The minimum Gasteiger partial charge on any atom is -0.305 e. The van der Waals surface area contributed by atoms with Crippen LogP contribution in [0.25, 0.3) is 0 Å². The highest BCUT2D eigenvalue weighted by Crippen LogP contribution is 2.31. The summed E-state index contributed by atoms with van der Waals surface area (Å²) in [6, 6.07) is 15.0. The second-order valence-electron chi connectivity index (χ2n) is 5.04. The maximum absolute atomic E-state index is 12.0. The number of amides is 1. The van der Waals surface area contributed by atoms with E-state index >= 15 is 0 Å². The van der Waals surface area contributed by atoms with Crippen LogP contribution in [-0.4, -0.2) is 18.2 Å². The molecule has 0 N–H and O–H groups in total. The maximum Gasteiger partial charge on any atom is 0.299 e. The molecule has 0 atom stereocenters. The molecule has 0 spiro atoms. The molecule has 0 fully saturated rings. The third kappa shape index (κ3) is 2.69. The number of Topliss-reactive ketones (excluding diaryl/α,β-unsaturated/α-hetero) is 1. The van der Waals surface area contributed by atoms with Crippen molar-refractivity contribution in [2.45, 2.75) is 12.8 Å². The second-order valence-corrected chi connectivity index (χ2v) is 5.47. The van der Waals surface area contributed by atoms with Gasteiger partial charge in [0.1, 0.15) is 0 Å². The van der Waals surface area contributed by atoms with E-state index in [1.165, 1.54) is 10.5 Å². The first-order chi connectivity index (χ1) is 10.2. The number of nitrogens with zero attached hydrogens (tertiary/aromatic N) is 1. The van der Waals surface area contributed by atoms with Gasteiger partial charge in [0, 0.05) is 11.6 Å². The van der Waals surface area contributed by atoms with E-state index in [1.54, 1.807) is 18.2 Å². The molecule has 0 aromatic heterocycles. The van der Waals surface area contributed by atoms with Crippen LogP contribution in [0.4, 0.5) is 5.69 Å². The fourth-order valence-corrected chi connectivity index (χ4v) is 2.74. The Balaban J connectivity index is 1.73. The molecule has 0 aliphatic carbocycles. The largest absolute Gasteiger partial charge is 0.305 e. The van der Waals surface area contributed by atoms with Crippen molar-refractivity contribution in [2.24, 2.45) is 0 Å². The number of rotatable bonds is 4. The number of carbonyl (C=O) groups excluding carboxylic acids is 2. The molecule has 0 saturated carbocycles. The van der Waals surface area contributed by atoms with Gasteiger partial charge in [-0.2, -0.15) is 0 Å². The summed E-state index contributed by atoms with van der Waals surface area (Å²) in [5, 5.41) is 0.532. The van der Waals surface area contributed by atoms with Crippen LogP contribution >= 0.6 is 11.6 Å². The first-order valence-corrected chi connectivity index (χ1v) is 7.24. The third-order valence-corrected chi connectivity index (χ3v) is 3.86. The lowest BCUT2D eigenvalue weighted by atomic mass is 10.1. The van der Waals surface area contributed by atoms with Gasteiger partial charge in [-0.05, 0) is 36.6 Å². The van der Waals surface area contributed by atoms with Crippen molar-refractivity contribution >= 4 is 29.0 Å². The van der Waals surface area contributed by atoms with Crippen LogP contribution in [-0.2, 0) is 11.2 Å². The smallest absolute Gasteiger partial charge is 0.299 e. The molecule has 2 aromatic carbocycles. The fraction of sp³-hybridized carbons (Fsp3) is 0.176. The molecule has 0 saturated heterocycles. The number of carbonyl (C=O) groups is 2. The molecule has 0 bridgehead atoms. The van der Waals surface area contributed by atoms with Crippen LogP contribution in [0.1, 0.15) is 22.3 Å². The maximum atomic E-state index is 12.0. The standard InChI is InChI=1S/C17H14ClNO2/c18-13-8-9-14-15(11-13)19(17(21)16(14)20)10-4-7-12-5-2-1-3-6-12/h1-3,5-6,8-9,11H,4,7,10H2. The highest BCUT2D eigenvalue weighted by molar-refractivity contribution is 6.52. The van der Waals surface area contributed by atoms with Crippen molar-refractivity contribution in [3.8, 4) is 0 Å². The van der Waals surface area contributed by atoms with Crippen molar-refractivity contribution in [1.82, 2.24) is 0 Å². The van der Waals surface area contributed by atoms with Gasteiger partial charge in [0.05, 0.1) is 11.3 Å². The normalized spacial score (nSPS) is 13.7. The van der Waals surface area contributed by atoms with Crippen molar-refractivity contribution in [3.63, 3.8) is 0 Å². The Labute approximate surface area is 128 Å². The number of benzene rings is 2. The topological polar surface area (TPSA) is 37.4 Å². The highest BCUT2D eigenvalue weighted by atomic mass is 35.5. The number of hydrogen-bond acceptors (Lipinski definition) is 2. The van der Waals surface area contributed by atoms with Crippen LogP contribution in [0.5, 0.6) is 0 Å². The number of anilines is 1. The van der Waals surface area contributed by atoms with Crippen LogP contribution < -0.4 is 4.90 Å². The zero-order chi connectivity index (χ0) is 14.8. The minimum absolute atomic E-state index is 0.443. The average Bonchev–Trinajstić information content (AvgIpc) is 2.73. The zero-order valence-electron chi connectivity index (χ0n) is 11.4. The van der Waals surface area contributed by atoms with Gasteiger partial charge in [0.25, 0.3) is 11.7 Å². The summed E-state index contributed by atoms with van der Waals surface area (Å²) in [6.45, 7) is 0.521. The SMILES string of the molecule is O=C1C(=O)N(CCCc2ccccc2)c2cc(Cl)ccc21. The van der Waals surface area contributed by atoms with E-state index in [1.807, 2.05) is 18.2 Å². The highest BCUT2D eigenvalue weighted by Gasteiger charge is 2.35. The fourth-order valence-electron chi connectivity index (χ4n) is 2.58. The molecule has 4 heteroatoms. The van der Waals surface area contributed by atoms with Gasteiger partial charge in [-0.3, -0.25) is 9.59 Å². The van der Waals surface area contributed by atoms with Gasteiger partial charge in [-0.25, -0.2) is 0 Å². The Morgan fingerprint density at radius 2 is 1.76 bits per heavy atom. The van der Waals surface area contributed by atoms with Gasteiger partial charge in [-0.15, -0.1) is 0 Å². The quantitative estimate of drug-likeness (QED) is 0.810. The third-order valence-electron chi connectivity index (χ3n) is 3.62. The Morgan fingerprint density at radius 3 is 2.52 bits per heavy atom. The van der Waals surface area contributed by atoms with Crippen molar-refractivity contribution in [1.29, 1.82) is 0 Å². The Bertz CT molecular complexity index is 697. The van der Waals surface area contributed by atoms with E-state index in [0.717, 1.165) is 12.8 Å². The Morgan fingerprint density at radius 1 is 1.00 bits per heavy atom. The second kappa shape index (κ2) is 5.70. The molecule has 21 heavy (non-hydrogen) atoms. The van der Waals surface area contributed by atoms with Gasteiger partial charge in [0.2, 0.25) is 0 Å². The molecule has 1 heterocycles. The van der Waals surface area contributed by atoms with Gasteiger partial charge in [-0.1, -0.05) is 41.9 Å². The minimum atomic E-state index is -0.458. The summed E-state index contributed by atoms with van der Waals surface area (Å²) in [7, 11) is 0. The number of aryl methyl sites for hydroxylation is 1. The number of hydrogen-bond donors (Lipinski definition) is 0. The molecule has 106 valence electrons. The summed E-state index contributed by atoms with van der Waals surface area (Å²) in [5.74, 6) is -0.901. The van der Waals surface area contributed by atoms with E-state index in [-0.39, 0.29) is 0 Å². The summed E-state index contributed by atoms with van der Waals surface area (Å²) < 4.78 is 0. The molecular formula is C17H14ClNO2. The molecule has 3 rings (SSSR count). The predicted octanol–water partition coefficient (Wildman–Crippen LogP) is 3.50. The van der Waals surface area contributed by atoms with Gasteiger partial charge in [0.15, 0.2) is 0 Å². The van der Waals surface area contributed by atoms with Crippen LogP contribution in [0, 0.1) is 0 Å². The van der Waals surface area contributed by atoms with Gasteiger partial charge < -0.3 is 4.90 Å². The predicted molar refractivity (Wildman–Crippen MR) is 82.9 cm³/mol. The molecule has 1 aliphatic heterocycles. The van der Waals surface area contributed by atoms with Crippen molar-refractivity contribution in [3.05, 3.63) is 64.7 Å². The first kappa shape index (κ1) is 13.8. The van der Waals surface area contributed by atoms with Crippen LogP contribution in [0.15, 0.2) is 48.5 Å². The number of ketones is 1. The number of fused-ring (bicyclic) bond motifs is 1. The molecular weight excluding hydrogens is 286 g/mol. The molecule has 2 aromatic rings. The summed E-state index contributed by atoms with van der Waals surface area (Å²) in [4.78, 5) is 25.5. The monoisotopic (exact) mass is 299 g/mol. The molecule has 3 nitrogen and oxygen atoms in total. The van der Waals surface area contributed by atoms with E-state index in [2.05, 4.69) is 12.1 Å². The zero-order valence-corrected chi connectivity index (χ0v) is 12.1.